The topological polar surface area (TPSA) is 64.3 Å². The minimum absolute atomic E-state index is 0.248. The Balaban J connectivity index is 2.19. The molecule has 4 nitrogen and oxygen atoms in total. The molecular weight excluding hydrogens is 228 g/mol. The Morgan fingerprint density at radius 1 is 1.39 bits per heavy atom. The fourth-order valence-electron chi connectivity index (χ4n) is 1.51. The second-order valence-electron chi connectivity index (χ2n) is 4.30. The molecule has 1 amide bonds. The van der Waals surface area contributed by atoms with Crippen molar-refractivity contribution in [2.24, 2.45) is 5.73 Å². The summed E-state index contributed by atoms with van der Waals surface area (Å²) in [7, 11) is 0. The molecule has 1 rings (SSSR count). The summed E-state index contributed by atoms with van der Waals surface area (Å²) in [5.41, 5.74) is 9.36. The van der Waals surface area contributed by atoms with Crippen LogP contribution in [0.3, 0.4) is 0 Å². The molecule has 0 unspecified atom stereocenters. The van der Waals surface area contributed by atoms with Crippen LogP contribution in [0.25, 0.3) is 0 Å². The van der Waals surface area contributed by atoms with E-state index < -0.39 is 6.04 Å². The van der Waals surface area contributed by atoms with Crippen molar-refractivity contribution in [2.45, 2.75) is 38.6 Å². The molecule has 0 aliphatic rings. The number of aryl methyl sites for hydroxylation is 1. The van der Waals surface area contributed by atoms with Gasteiger partial charge in [-0.15, -0.1) is 0 Å². The van der Waals surface area contributed by atoms with Crippen LogP contribution in [-0.2, 0) is 16.1 Å². The highest BCUT2D eigenvalue weighted by atomic mass is 16.6. The first-order valence-corrected chi connectivity index (χ1v) is 6.45. The van der Waals surface area contributed by atoms with Crippen molar-refractivity contribution in [1.29, 1.82) is 0 Å². The summed E-state index contributed by atoms with van der Waals surface area (Å²) in [6, 6.07) is 9.47. The van der Waals surface area contributed by atoms with E-state index >= 15 is 0 Å². The first-order valence-electron chi connectivity index (χ1n) is 6.45. The summed E-state index contributed by atoms with van der Waals surface area (Å²) in [4.78, 5) is 16.6. The van der Waals surface area contributed by atoms with Gasteiger partial charge in [0.1, 0.15) is 0 Å². The van der Waals surface area contributed by atoms with E-state index in [1.807, 2.05) is 30.3 Å². The highest BCUT2D eigenvalue weighted by Gasteiger charge is 2.12. The third-order valence-corrected chi connectivity index (χ3v) is 2.70. The number of rotatable bonds is 8. The van der Waals surface area contributed by atoms with Gasteiger partial charge in [-0.05, 0) is 24.8 Å². The number of hydrogen-bond donors (Lipinski definition) is 2. The van der Waals surface area contributed by atoms with Gasteiger partial charge in [-0.25, -0.2) is 5.48 Å². The molecule has 0 bridgehead atoms. The van der Waals surface area contributed by atoms with Gasteiger partial charge in [0.2, 0.25) is 0 Å². The van der Waals surface area contributed by atoms with Crippen molar-refractivity contribution in [3.05, 3.63) is 35.9 Å². The van der Waals surface area contributed by atoms with Gasteiger partial charge < -0.3 is 5.73 Å². The Bertz CT molecular complexity index is 341. The lowest BCUT2D eigenvalue weighted by molar-refractivity contribution is -0.135. The van der Waals surface area contributed by atoms with Crippen LogP contribution < -0.4 is 11.2 Å². The summed E-state index contributed by atoms with van der Waals surface area (Å²) in [5.74, 6) is -0.248. The van der Waals surface area contributed by atoms with Crippen molar-refractivity contribution in [3.63, 3.8) is 0 Å². The normalized spacial score (nSPS) is 12.1. The zero-order valence-electron chi connectivity index (χ0n) is 10.9. The van der Waals surface area contributed by atoms with Gasteiger partial charge in [0.15, 0.2) is 0 Å². The van der Waals surface area contributed by atoms with E-state index in [-0.39, 0.29) is 5.91 Å². The van der Waals surface area contributed by atoms with Crippen molar-refractivity contribution in [3.8, 4) is 0 Å². The Labute approximate surface area is 108 Å². The van der Waals surface area contributed by atoms with Crippen LogP contribution >= 0.6 is 0 Å². The molecule has 18 heavy (non-hydrogen) atoms. The maximum Gasteiger partial charge on any atom is 0.260 e. The SMILES string of the molecule is CCCCONC(=O)[C@H](N)CCc1ccccc1. The van der Waals surface area contributed by atoms with Gasteiger partial charge >= 0.3 is 0 Å². The zero-order chi connectivity index (χ0) is 13.2. The molecule has 100 valence electrons. The maximum atomic E-state index is 11.6. The molecule has 0 aliphatic heterocycles. The monoisotopic (exact) mass is 250 g/mol. The second kappa shape index (κ2) is 8.66. The Kier molecular flexibility index (Phi) is 7.06. The molecule has 3 N–H and O–H groups in total. The van der Waals surface area contributed by atoms with Crippen LogP contribution in [0.5, 0.6) is 0 Å². The van der Waals surface area contributed by atoms with Crippen LogP contribution in [0, 0.1) is 0 Å². The van der Waals surface area contributed by atoms with E-state index in [9.17, 15) is 4.79 Å². The number of carbonyl (C=O) groups is 1. The average Bonchev–Trinajstić information content (AvgIpc) is 2.42. The molecule has 1 aromatic rings. The Hall–Kier alpha value is -1.39. The van der Waals surface area contributed by atoms with Crippen LogP contribution in [-0.4, -0.2) is 18.6 Å². The zero-order valence-corrected chi connectivity index (χ0v) is 10.9. The van der Waals surface area contributed by atoms with E-state index in [2.05, 4.69) is 12.4 Å². The molecule has 0 aliphatic carbocycles. The lowest BCUT2D eigenvalue weighted by Crippen LogP contribution is -2.40. The van der Waals surface area contributed by atoms with Crippen LogP contribution in [0.1, 0.15) is 31.7 Å². The number of unbranched alkanes of at least 4 members (excludes halogenated alkanes) is 1. The molecular formula is C14H22N2O2. The average molecular weight is 250 g/mol. The highest BCUT2D eigenvalue weighted by molar-refractivity contribution is 5.80. The van der Waals surface area contributed by atoms with Crippen LogP contribution in [0.4, 0.5) is 0 Å². The molecule has 0 heterocycles. The molecule has 0 spiro atoms. The first kappa shape index (κ1) is 14.7. The lowest BCUT2D eigenvalue weighted by atomic mass is 10.1. The molecule has 1 atom stereocenters. The van der Waals surface area contributed by atoms with Crippen LogP contribution in [0.15, 0.2) is 30.3 Å². The van der Waals surface area contributed by atoms with Crippen molar-refractivity contribution in [2.75, 3.05) is 6.61 Å². The number of carbonyl (C=O) groups excluding carboxylic acids is 1. The number of amides is 1. The number of hydrogen-bond acceptors (Lipinski definition) is 3. The second-order valence-corrected chi connectivity index (χ2v) is 4.30. The Morgan fingerprint density at radius 3 is 2.78 bits per heavy atom. The van der Waals surface area contributed by atoms with E-state index in [0.717, 1.165) is 19.3 Å². The van der Waals surface area contributed by atoms with Crippen LogP contribution in [0.2, 0.25) is 0 Å². The van der Waals surface area contributed by atoms with Gasteiger partial charge in [0.05, 0.1) is 12.6 Å². The molecule has 0 radical (unpaired) electrons. The third kappa shape index (κ3) is 5.80. The molecule has 0 aromatic heterocycles. The van der Waals surface area contributed by atoms with Gasteiger partial charge in [-0.1, -0.05) is 43.7 Å². The predicted molar refractivity (Wildman–Crippen MR) is 71.7 cm³/mol. The lowest BCUT2D eigenvalue weighted by Gasteiger charge is -2.11. The predicted octanol–water partition coefficient (Wildman–Crippen LogP) is 1.79. The summed E-state index contributed by atoms with van der Waals surface area (Å²) in [6.07, 6.45) is 3.38. The smallest absolute Gasteiger partial charge is 0.260 e. The summed E-state index contributed by atoms with van der Waals surface area (Å²) >= 11 is 0. The number of nitrogens with two attached hydrogens (primary N) is 1. The first-order chi connectivity index (χ1) is 8.74. The number of nitrogens with one attached hydrogen (secondary N) is 1. The third-order valence-electron chi connectivity index (χ3n) is 2.70. The fraction of sp³-hybridized carbons (Fsp3) is 0.500. The molecule has 4 heteroatoms. The molecule has 1 aromatic carbocycles. The fourth-order valence-corrected chi connectivity index (χ4v) is 1.51. The van der Waals surface area contributed by atoms with Crippen molar-refractivity contribution >= 4 is 5.91 Å². The van der Waals surface area contributed by atoms with E-state index in [1.54, 1.807) is 0 Å². The minimum Gasteiger partial charge on any atom is -0.320 e. The summed E-state index contributed by atoms with van der Waals surface area (Å²) < 4.78 is 0. The van der Waals surface area contributed by atoms with E-state index in [1.165, 1.54) is 5.56 Å². The van der Waals surface area contributed by atoms with Gasteiger partial charge in [0, 0.05) is 0 Å². The summed E-state index contributed by atoms with van der Waals surface area (Å²) in [5, 5.41) is 0. The summed E-state index contributed by atoms with van der Waals surface area (Å²) in [6.45, 7) is 2.60. The Morgan fingerprint density at radius 2 is 2.11 bits per heavy atom. The number of benzene rings is 1. The van der Waals surface area contributed by atoms with Crippen molar-refractivity contribution in [1.82, 2.24) is 5.48 Å². The minimum atomic E-state index is -0.521. The highest BCUT2D eigenvalue weighted by Crippen LogP contribution is 2.04. The van der Waals surface area contributed by atoms with Crippen molar-refractivity contribution < 1.29 is 9.63 Å². The largest absolute Gasteiger partial charge is 0.320 e. The molecule has 0 saturated heterocycles. The molecule has 0 fully saturated rings. The number of hydroxylamine groups is 1. The molecule has 0 saturated carbocycles. The van der Waals surface area contributed by atoms with Gasteiger partial charge in [0.25, 0.3) is 5.91 Å². The van der Waals surface area contributed by atoms with E-state index in [4.69, 9.17) is 10.6 Å². The standard InChI is InChI=1S/C14H22N2O2/c1-2-3-11-18-16-14(17)13(15)10-9-12-7-5-4-6-8-12/h4-8,13H,2-3,9-11,15H2,1H3,(H,16,17)/t13-/m1/s1. The van der Waals surface area contributed by atoms with Gasteiger partial charge in [-0.3, -0.25) is 9.63 Å². The quantitative estimate of drug-likeness (QED) is 0.546. The van der Waals surface area contributed by atoms with E-state index in [0.29, 0.717) is 13.0 Å². The van der Waals surface area contributed by atoms with Gasteiger partial charge in [-0.2, -0.15) is 0 Å². The maximum absolute atomic E-state index is 11.6.